The molecule has 2 amide bonds. The minimum absolute atomic E-state index is 0.0161. The summed E-state index contributed by atoms with van der Waals surface area (Å²) in [5.41, 5.74) is 2.22. The Balaban J connectivity index is 1.24. The molecule has 1 saturated heterocycles. The van der Waals surface area contributed by atoms with E-state index in [0.29, 0.717) is 55.7 Å². The Morgan fingerprint density at radius 2 is 2.03 bits per heavy atom. The van der Waals surface area contributed by atoms with E-state index in [-0.39, 0.29) is 11.8 Å². The number of ether oxygens (including phenoxy) is 1. The minimum atomic E-state index is -0.0845. The average Bonchev–Trinajstić information content (AvgIpc) is 3.35. The standard InChI is InChI=1S/C28H31N5O3/c1-31(2)12-5-8-27(34)33-14-15-36-25-17-21(9-10-24(25)33)28(35)32-13-11-20(19-32)16-26-29-18-22-6-3-4-7-23(22)30-26/h3-10,17-18,20H,11-16,19H2,1-2H3/b8-5+/t20-/m0/s1. The predicted molar refractivity (Wildman–Crippen MR) is 139 cm³/mol. The van der Waals surface area contributed by atoms with Crippen molar-refractivity contribution >= 4 is 28.4 Å². The molecule has 8 nitrogen and oxygen atoms in total. The number of para-hydroxylation sites is 1. The van der Waals surface area contributed by atoms with Crippen LogP contribution in [0, 0.1) is 5.92 Å². The molecule has 1 atom stereocenters. The van der Waals surface area contributed by atoms with Crippen molar-refractivity contribution in [1.29, 1.82) is 0 Å². The summed E-state index contributed by atoms with van der Waals surface area (Å²) in [4.78, 5) is 40.8. The highest BCUT2D eigenvalue weighted by Crippen LogP contribution is 2.33. The minimum Gasteiger partial charge on any atom is -0.490 e. The zero-order chi connectivity index (χ0) is 25.1. The lowest BCUT2D eigenvalue weighted by molar-refractivity contribution is -0.114. The number of carbonyl (C=O) groups is 2. The maximum absolute atomic E-state index is 13.3. The topological polar surface area (TPSA) is 78.9 Å². The van der Waals surface area contributed by atoms with Gasteiger partial charge in [0.2, 0.25) is 0 Å². The molecule has 36 heavy (non-hydrogen) atoms. The lowest BCUT2D eigenvalue weighted by Gasteiger charge is -2.29. The van der Waals surface area contributed by atoms with Gasteiger partial charge in [0.1, 0.15) is 18.2 Å². The third kappa shape index (κ3) is 5.23. The summed E-state index contributed by atoms with van der Waals surface area (Å²) in [6, 6.07) is 13.3. The number of hydrogen-bond acceptors (Lipinski definition) is 6. The fraction of sp³-hybridized carbons (Fsp3) is 0.357. The van der Waals surface area contributed by atoms with Crippen molar-refractivity contribution in [2.75, 3.05) is 51.8 Å². The molecule has 0 saturated carbocycles. The van der Waals surface area contributed by atoms with Gasteiger partial charge in [0, 0.05) is 49.3 Å². The summed E-state index contributed by atoms with van der Waals surface area (Å²) in [6.45, 7) is 2.95. The average molecular weight is 486 g/mol. The van der Waals surface area contributed by atoms with E-state index in [4.69, 9.17) is 9.72 Å². The van der Waals surface area contributed by atoms with Crippen molar-refractivity contribution in [3.63, 3.8) is 0 Å². The van der Waals surface area contributed by atoms with Gasteiger partial charge in [-0.3, -0.25) is 9.59 Å². The first kappa shape index (κ1) is 23.9. The first-order valence-electron chi connectivity index (χ1n) is 12.4. The quantitative estimate of drug-likeness (QED) is 0.499. The molecule has 0 spiro atoms. The zero-order valence-electron chi connectivity index (χ0n) is 20.8. The van der Waals surface area contributed by atoms with Crippen molar-refractivity contribution < 1.29 is 14.3 Å². The van der Waals surface area contributed by atoms with Crippen LogP contribution < -0.4 is 9.64 Å². The predicted octanol–water partition coefficient (Wildman–Crippen LogP) is 3.18. The van der Waals surface area contributed by atoms with E-state index in [1.807, 2.05) is 66.5 Å². The highest BCUT2D eigenvalue weighted by molar-refractivity contribution is 6.03. The number of likely N-dealkylation sites (N-methyl/N-ethyl adjacent to an activating group) is 1. The molecule has 5 rings (SSSR count). The van der Waals surface area contributed by atoms with Crippen LogP contribution in [0.1, 0.15) is 22.6 Å². The van der Waals surface area contributed by atoms with Gasteiger partial charge in [-0.15, -0.1) is 0 Å². The van der Waals surface area contributed by atoms with E-state index in [2.05, 4.69) is 4.98 Å². The lowest BCUT2D eigenvalue weighted by Crippen LogP contribution is -2.37. The molecule has 1 aromatic heterocycles. The molecule has 1 fully saturated rings. The molecule has 0 aliphatic carbocycles. The second kappa shape index (κ2) is 10.5. The van der Waals surface area contributed by atoms with Gasteiger partial charge in [-0.2, -0.15) is 0 Å². The van der Waals surface area contributed by atoms with Gasteiger partial charge < -0.3 is 19.4 Å². The van der Waals surface area contributed by atoms with Crippen LogP contribution in [-0.4, -0.2) is 78.5 Å². The monoisotopic (exact) mass is 485 g/mol. The Bertz CT molecular complexity index is 1310. The van der Waals surface area contributed by atoms with E-state index in [9.17, 15) is 9.59 Å². The van der Waals surface area contributed by atoms with Crippen molar-refractivity contribution in [2.24, 2.45) is 5.92 Å². The van der Waals surface area contributed by atoms with Crippen LogP contribution in [0.2, 0.25) is 0 Å². The lowest BCUT2D eigenvalue weighted by atomic mass is 10.0. The van der Waals surface area contributed by atoms with Gasteiger partial charge in [-0.05, 0) is 50.7 Å². The molecule has 2 aliphatic rings. The van der Waals surface area contributed by atoms with Crippen LogP contribution in [0.25, 0.3) is 10.9 Å². The number of amides is 2. The van der Waals surface area contributed by atoms with Crippen molar-refractivity contribution in [2.45, 2.75) is 12.8 Å². The number of rotatable bonds is 6. The Kier molecular flexibility index (Phi) is 6.95. The second-order valence-corrected chi connectivity index (χ2v) is 9.64. The fourth-order valence-corrected chi connectivity index (χ4v) is 4.77. The first-order valence-corrected chi connectivity index (χ1v) is 12.4. The summed E-state index contributed by atoms with van der Waals surface area (Å²) in [5, 5.41) is 1.03. The molecule has 0 bridgehead atoms. The smallest absolute Gasteiger partial charge is 0.254 e. The molecule has 2 aromatic carbocycles. The van der Waals surface area contributed by atoms with Crippen LogP contribution in [-0.2, 0) is 11.2 Å². The molecule has 3 heterocycles. The van der Waals surface area contributed by atoms with Gasteiger partial charge >= 0.3 is 0 Å². The molecule has 2 aliphatic heterocycles. The van der Waals surface area contributed by atoms with Crippen LogP contribution in [0.4, 0.5) is 5.69 Å². The second-order valence-electron chi connectivity index (χ2n) is 9.64. The maximum Gasteiger partial charge on any atom is 0.254 e. The van der Waals surface area contributed by atoms with E-state index in [1.54, 1.807) is 23.1 Å². The third-order valence-corrected chi connectivity index (χ3v) is 6.65. The van der Waals surface area contributed by atoms with Gasteiger partial charge in [0.15, 0.2) is 0 Å². The molecule has 8 heteroatoms. The molecule has 0 N–H and O–H groups in total. The third-order valence-electron chi connectivity index (χ3n) is 6.65. The Morgan fingerprint density at radius 1 is 1.17 bits per heavy atom. The molecule has 186 valence electrons. The van der Waals surface area contributed by atoms with Gasteiger partial charge in [-0.25, -0.2) is 9.97 Å². The van der Waals surface area contributed by atoms with Gasteiger partial charge in [-0.1, -0.05) is 24.3 Å². The number of carbonyl (C=O) groups excluding carboxylic acids is 2. The number of likely N-dealkylation sites (tertiary alicyclic amines) is 1. The highest BCUT2D eigenvalue weighted by atomic mass is 16.5. The first-order chi connectivity index (χ1) is 17.5. The van der Waals surface area contributed by atoms with Gasteiger partial charge in [0.25, 0.3) is 11.8 Å². The fourth-order valence-electron chi connectivity index (χ4n) is 4.77. The number of anilines is 1. The summed E-state index contributed by atoms with van der Waals surface area (Å²) in [7, 11) is 3.91. The van der Waals surface area contributed by atoms with E-state index >= 15 is 0 Å². The van der Waals surface area contributed by atoms with Crippen LogP contribution in [0.3, 0.4) is 0 Å². The highest BCUT2D eigenvalue weighted by Gasteiger charge is 2.29. The van der Waals surface area contributed by atoms with Crippen molar-refractivity contribution in [1.82, 2.24) is 19.8 Å². The number of benzene rings is 2. The van der Waals surface area contributed by atoms with E-state index in [1.165, 1.54) is 0 Å². The Labute approximate surface area is 211 Å². The maximum atomic E-state index is 13.3. The van der Waals surface area contributed by atoms with E-state index < -0.39 is 0 Å². The molecular formula is C28H31N5O3. The number of hydrogen-bond donors (Lipinski definition) is 0. The number of fused-ring (bicyclic) bond motifs is 2. The van der Waals surface area contributed by atoms with Crippen LogP contribution in [0.5, 0.6) is 5.75 Å². The largest absolute Gasteiger partial charge is 0.490 e. The van der Waals surface area contributed by atoms with E-state index in [0.717, 1.165) is 29.6 Å². The summed E-state index contributed by atoms with van der Waals surface area (Å²) < 4.78 is 5.82. The summed E-state index contributed by atoms with van der Waals surface area (Å²) in [5.74, 6) is 1.61. The Hall–Kier alpha value is -3.78. The number of aromatic nitrogens is 2. The SMILES string of the molecule is CN(C)C/C=C/C(=O)N1CCOc2cc(C(=O)N3CC[C@@H](Cc4ncc5ccccc5n4)C3)ccc21. The molecular weight excluding hydrogens is 454 g/mol. The van der Waals surface area contributed by atoms with Crippen molar-refractivity contribution in [3.8, 4) is 5.75 Å². The molecule has 0 radical (unpaired) electrons. The van der Waals surface area contributed by atoms with Crippen LogP contribution in [0.15, 0.2) is 60.8 Å². The van der Waals surface area contributed by atoms with Gasteiger partial charge in [0.05, 0.1) is 17.7 Å². The zero-order valence-corrected chi connectivity index (χ0v) is 20.8. The van der Waals surface area contributed by atoms with Crippen LogP contribution >= 0.6 is 0 Å². The normalized spacial score (nSPS) is 17.6. The summed E-state index contributed by atoms with van der Waals surface area (Å²) in [6.07, 6.45) is 6.99. The Morgan fingerprint density at radius 3 is 2.89 bits per heavy atom. The molecule has 0 unspecified atom stereocenters. The summed E-state index contributed by atoms with van der Waals surface area (Å²) >= 11 is 0. The van der Waals surface area contributed by atoms with Crippen molar-refractivity contribution in [3.05, 3.63) is 72.2 Å². The molecule has 3 aromatic rings. The number of nitrogens with zero attached hydrogens (tertiary/aromatic N) is 5.